The molecule has 1 saturated heterocycles. The molecule has 6 rings (SSSR count). The molecule has 8 heteroatoms. The van der Waals surface area contributed by atoms with Crippen LogP contribution in [0.3, 0.4) is 0 Å². The maximum absolute atomic E-state index is 13.8. The van der Waals surface area contributed by atoms with Crippen LogP contribution in [0.1, 0.15) is 32.6 Å². The van der Waals surface area contributed by atoms with Crippen LogP contribution in [0, 0.1) is 13.8 Å². The van der Waals surface area contributed by atoms with E-state index >= 15 is 0 Å². The van der Waals surface area contributed by atoms with Crippen molar-refractivity contribution in [1.29, 1.82) is 0 Å². The summed E-state index contributed by atoms with van der Waals surface area (Å²) < 4.78 is 0. The van der Waals surface area contributed by atoms with Crippen LogP contribution in [0.5, 0.6) is 0 Å². The fourth-order valence-electron chi connectivity index (χ4n) is 5.18. The van der Waals surface area contributed by atoms with Gasteiger partial charge in [-0.25, -0.2) is 9.97 Å². The van der Waals surface area contributed by atoms with Crippen LogP contribution in [0.4, 0.5) is 11.6 Å². The van der Waals surface area contributed by atoms with Crippen molar-refractivity contribution in [3.8, 4) is 0 Å². The number of para-hydroxylation sites is 1. The Labute approximate surface area is 244 Å². The number of fused-ring (bicyclic) bond motifs is 1. The summed E-state index contributed by atoms with van der Waals surface area (Å²) in [5.41, 5.74) is 5.94. The number of amides is 2. The van der Waals surface area contributed by atoms with Gasteiger partial charge in [-0.2, -0.15) is 0 Å². The first-order chi connectivity index (χ1) is 20.0. The number of nitrogens with zero attached hydrogens (tertiary/aromatic N) is 5. The Morgan fingerprint density at radius 2 is 1.63 bits per heavy atom. The Balaban J connectivity index is 1.18. The molecule has 2 aliphatic rings. The molecule has 0 unspecified atom stereocenters. The summed E-state index contributed by atoms with van der Waals surface area (Å²) in [6.45, 7) is 7.29. The van der Waals surface area contributed by atoms with E-state index in [1.54, 1.807) is 18.5 Å². The third kappa shape index (κ3) is 5.74. The van der Waals surface area contributed by atoms with Gasteiger partial charge in [-0.3, -0.25) is 9.59 Å². The van der Waals surface area contributed by atoms with E-state index in [9.17, 15) is 9.59 Å². The number of piperazine rings is 1. The summed E-state index contributed by atoms with van der Waals surface area (Å²) in [4.78, 5) is 43.1. The van der Waals surface area contributed by atoms with Crippen LogP contribution in [0.25, 0.3) is 6.08 Å². The number of anilines is 2. The van der Waals surface area contributed by atoms with Crippen LogP contribution in [-0.2, 0) is 11.3 Å². The molecule has 1 fully saturated rings. The van der Waals surface area contributed by atoms with E-state index < -0.39 is 0 Å². The number of thioether (sulfide) groups is 1. The minimum atomic E-state index is -0.0185. The SMILES string of the molecule is Cc1ccc(C)c(CN2C(=O)/C(=C/c3ccc(C(=O)N4CCN(c5ncccn5)CC4)cc3)Sc3ccccc32)c1. The standard InChI is InChI=1S/C33H31N5O2S/c1-23-8-9-24(2)27(20-23)22-38-28-6-3-4-7-29(28)41-30(32(38)40)21-25-10-12-26(13-11-25)31(39)36-16-18-37(19-17-36)33-34-14-5-15-35-33/h3-15,20-21H,16-19,22H2,1-2H3/b30-21-. The number of aromatic nitrogens is 2. The Hall–Kier alpha value is -4.43. The van der Waals surface area contributed by atoms with Gasteiger partial charge in [0.2, 0.25) is 5.95 Å². The molecule has 7 nitrogen and oxygen atoms in total. The molecule has 3 heterocycles. The molecular formula is C33H31N5O2S. The highest BCUT2D eigenvalue weighted by atomic mass is 32.2. The van der Waals surface area contributed by atoms with E-state index in [0.29, 0.717) is 49.1 Å². The van der Waals surface area contributed by atoms with Gasteiger partial charge in [-0.1, -0.05) is 59.8 Å². The quantitative estimate of drug-likeness (QED) is 0.290. The van der Waals surface area contributed by atoms with E-state index in [4.69, 9.17) is 0 Å². The summed E-state index contributed by atoms with van der Waals surface area (Å²) in [7, 11) is 0. The van der Waals surface area contributed by atoms with Crippen molar-refractivity contribution < 1.29 is 9.59 Å². The summed E-state index contributed by atoms with van der Waals surface area (Å²) in [6.07, 6.45) is 5.39. The molecular weight excluding hydrogens is 530 g/mol. The van der Waals surface area contributed by atoms with Crippen LogP contribution in [0.2, 0.25) is 0 Å². The average Bonchev–Trinajstić information content (AvgIpc) is 3.01. The van der Waals surface area contributed by atoms with Gasteiger partial charge in [0.1, 0.15) is 0 Å². The summed E-state index contributed by atoms with van der Waals surface area (Å²) in [5.74, 6) is 0.687. The number of hydrogen-bond donors (Lipinski definition) is 0. The van der Waals surface area contributed by atoms with E-state index in [0.717, 1.165) is 21.7 Å². The molecule has 4 aromatic rings. The second-order valence-electron chi connectivity index (χ2n) is 10.3. The Kier molecular flexibility index (Phi) is 7.57. The van der Waals surface area contributed by atoms with Gasteiger partial charge in [0, 0.05) is 49.0 Å². The van der Waals surface area contributed by atoms with Crippen molar-refractivity contribution in [2.45, 2.75) is 25.3 Å². The molecule has 0 aliphatic carbocycles. The van der Waals surface area contributed by atoms with E-state index in [2.05, 4.69) is 53.0 Å². The third-order valence-electron chi connectivity index (χ3n) is 7.52. The largest absolute Gasteiger partial charge is 0.337 e. The minimum Gasteiger partial charge on any atom is -0.337 e. The number of carbonyl (C=O) groups is 2. The third-order valence-corrected chi connectivity index (χ3v) is 8.60. The second kappa shape index (κ2) is 11.6. The highest BCUT2D eigenvalue weighted by molar-refractivity contribution is 8.04. The van der Waals surface area contributed by atoms with E-state index in [-0.39, 0.29) is 11.8 Å². The maximum Gasteiger partial charge on any atom is 0.265 e. The fourth-order valence-corrected chi connectivity index (χ4v) is 6.24. The molecule has 3 aromatic carbocycles. The number of aryl methyl sites for hydroxylation is 2. The lowest BCUT2D eigenvalue weighted by Crippen LogP contribution is -2.49. The van der Waals surface area contributed by atoms with Gasteiger partial charge < -0.3 is 14.7 Å². The fraction of sp³-hybridized carbons (Fsp3) is 0.212. The van der Waals surface area contributed by atoms with Crippen LogP contribution < -0.4 is 9.80 Å². The topological polar surface area (TPSA) is 69.6 Å². The van der Waals surface area contributed by atoms with Gasteiger partial charge in [-0.15, -0.1) is 0 Å². The zero-order valence-electron chi connectivity index (χ0n) is 23.2. The normalized spacial score (nSPS) is 16.2. The molecule has 2 amide bonds. The van der Waals surface area contributed by atoms with Crippen molar-refractivity contribution in [2.24, 2.45) is 0 Å². The van der Waals surface area contributed by atoms with Gasteiger partial charge in [0.15, 0.2) is 0 Å². The number of hydrogen-bond acceptors (Lipinski definition) is 6. The first-order valence-corrected chi connectivity index (χ1v) is 14.6. The predicted molar refractivity (Wildman–Crippen MR) is 164 cm³/mol. The van der Waals surface area contributed by atoms with E-state index in [1.165, 1.54) is 22.9 Å². The monoisotopic (exact) mass is 561 g/mol. The zero-order chi connectivity index (χ0) is 28.3. The van der Waals surface area contributed by atoms with Crippen molar-refractivity contribution in [2.75, 3.05) is 36.0 Å². The summed E-state index contributed by atoms with van der Waals surface area (Å²) >= 11 is 1.49. The first kappa shape index (κ1) is 26.8. The first-order valence-electron chi connectivity index (χ1n) is 13.7. The second-order valence-corrected chi connectivity index (χ2v) is 11.4. The van der Waals surface area contributed by atoms with Crippen molar-refractivity contribution in [3.63, 3.8) is 0 Å². The molecule has 206 valence electrons. The van der Waals surface area contributed by atoms with Crippen LogP contribution in [-0.4, -0.2) is 52.9 Å². The molecule has 0 spiro atoms. The maximum atomic E-state index is 13.8. The van der Waals surface area contributed by atoms with Gasteiger partial charge in [-0.05, 0) is 66.9 Å². The van der Waals surface area contributed by atoms with Crippen LogP contribution >= 0.6 is 11.8 Å². The Bertz CT molecular complexity index is 1610. The Morgan fingerprint density at radius 1 is 0.902 bits per heavy atom. The molecule has 0 N–H and O–H groups in total. The zero-order valence-corrected chi connectivity index (χ0v) is 24.0. The van der Waals surface area contributed by atoms with E-state index in [1.807, 2.05) is 58.3 Å². The Morgan fingerprint density at radius 3 is 2.39 bits per heavy atom. The molecule has 0 radical (unpaired) electrons. The number of carbonyl (C=O) groups excluding carboxylic acids is 2. The summed E-state index contributed by atoms with van der Waals surface area (Å²) in [6, 6.07) is 23.7. The molecule has 0 atom stereocenters. The lowest BCUT2D eigenvalue weighted by atomic mass is 10.0. The lowest BCUT2D eigenvalue weighted by molar-refractivity contribution is -0.114. The molecule has 41 heavy (non-hydrogen) atoms. The number of rotatable bonds is 5. The summed E-state index contributed by atoms with van der Waals surface area (Å²) in [5, 5.41) is 0. The van der Waals surface area contributed by atoms with Crippen LogP contribution in [0.15, 0.2) is 95.0 Å². The van der Waals surface area contributed by atoms with Crippen molar-refractivity contribution in [3.05, 3.63) is 118 Å². The van der Waals surface area contributed by atoms with Gasteiger partial charge >= 0.3 is 0 Å². The lowest BCUT2D eigenvalue weighted by Gasteiger charge is -2.34. The highest BCUT2D eigenvalue weighted by Gasteiger charge is 2.29. The molecule has 0 saturated carbocycles. The van der Waals surface area contributed by atoms with Gasteiger partial charge in [0.25, 0.3) is 11.8 Å². The predicted octanol–water partition coefficient (Wildman–Crippen LogP) is 5.74. The van der Waals surface area contributed by atoms with Gasteiger partial charge in [0.05, 0.1) is 17.1 Å². The molecule has 0 bridgehead atoms. The highest BCUT2D eigenvalue weighted by Crippen LogP contribution is 2.42. The van der Waals surface area contributed by atoms with Crippen molar-refractivity contribution >= 4 is 41.3 Å². The molecule has 1 aromatic heterocycles. The number of benzene rings is 3. The molecule has 2 aliphatic heterocycles. The average molecular weight is 562 g/mol. The smallest absolute Gasteiger partial charge is 0.265 e. The minimum absolute atomic E-state index is 0.00887. The van der Waals surface area contributed by atoms with Crippen molar-refractivity contribution in [1.82, 2.24) is 14.9 Å².